The molecule has 0 aromatic carbocycles. The molecule has 1 rings (SSSR count). The maximum absolute atomic E-state index is 5.78. The van der Waals surface area contributed by atoms with E-state index in [0.717, 1.165) is 5.82 Å². The van der Waals surface area contributed by atoms with Crippen LogP contribution in [0.5, 0.6) is 0 Å². The Labute approximate surface area is 92.5 Å². The molecule has 3 heteroatoms. The van der Waals surface area contributed by atoms with Gasteiger partial charge in [-0.15, -0.1) is 0 Å². The van der Waals surface area contributed by atoms with Gasteiger partial charge in [-0.25, -0.2) is 4.98 Å². The van der Waals surface area contributed by atoms with Crippen molar-refractivity contribution in [1.82, 2.24) is 9.97 Å². The second-order valence-electron chi connectivity index (χ2n) is 4.87. The molecule has 0 aliphatic rings. The highest BCUT2D eigenvalue weighted by molar-refractivity contribution is 5.18. The van der Waals surface area contributed by atoms with Gasteiger partial charge in [0.05, 0.1) is 5.69 Å². The van der Waals surface area contributed by atoms with E-state index in [-0.39, 0.29) is 0 Å². The quantitative estimate of drug-likeness (QED) is 0.800. The van der Waals surface area contributed by atoms with Crippen molar-refractivity contribution in [1.29, 1.82) is 0 Å². The third-order valence-corrected chi connectivity index (χ3v) is 2.90. The van der Waals surface area contributed by atoms with Crippen molar-refractivity contribution >= 4 is 0 Å². The summed E-state index contributed by atoms with van der Waals surface area (Å²) in [7, 11) is 0. The summed E-state index contributed by atoms with van der Waals surface area (Å²) in [5.41, 5.74) is 8.13. The van der Waals surface area contributed by atoms with E-state index in [9.17, 15) is 0 Å². The predicted molar refractivity (Wildman–Crippen MR) is 64.0 cm³/mol. The van der Waals surface area contributed by atoms with Gasteiger partial charge >= 0.3 is 0 Å². The number of H-pyrrole nitrogens is 1. The van der Waals surface area contributed by atoms with E-state index in [1.807, 2.05) is 0 Å². The molecule has 86 valence electrons. The van der Waals surface area contributed by atoms with Gasteiger partial charge in [0, 0.05) is 18.2 Å². The van der Waals surface area contributed by atoms with Crippen LogP contribution in [0.15, 0.2) is 0 Å². The first-order valence-electron chi connectivity index (χ1n) is 5.73. The molecule has 0 saturated carbocycles. The third kappa shape index (κ3) is 2.59. The lowest BCUT2D eigenvalue weighted by Crippen LogP contribution is -2.19. The van der Waals surface area contributed by atoms with Crippen molar-refractivity contribution in [3.05, 3.63) is 17.2 Å². The second-order valence-corrected chi connectivity index (χ2v) is 4.87. The van der Waals surface area contributed by atoms with Crippen molar-refractivity contribution in [3.8, 4) is 0 Å². The van der Waals surface area contributed by atoms with Crippen LogP contribution in [-0.2, 0) is 0 Å². The van der Waals surface area contributed by atoms with Gasteiger partial charge in [0.25, 0.3) is 0 Å². The van der Waals surface area contributed by atoms with E-state index < -0.39 is 0 Å². The summed E-state index contributed by atoms with van der Waals surface area (Å²) in [5.74, 6) is 2.39. The van der Waals surface area contributed by atoms with Crippen LogP contribution in [0.3, 0.4) is 0 Å². The number of aromatic amines is 1. The molecular weight excluding hydrogens is 186 g/mol. The molecular formula is C12H23N3. The molecule has 0 aliphatic heterocycles. The van der Waals surface area contributed by atoms with Crippen LogP contribution in [0, 0.1) is 12.8 Å². The zero-order chi connectivity index (χ0) is 11.6. The van der Waals surface area contributed by atoms with Gasteiger partial charge in [0.1, 0.15) is 5.82 Å². The molecule has 0 saturated heterocycles. The number of aryl methyl sites for hydroxylation is 1. The minimum atomic E-state index is 0.344. The first kappa shape index (κ1) is 12.2. The van der Waals surface area contributed by atoms with Crippen LogP contribution in [-0.4, -0.2) is 16.5 Å². The Balaban J connectivity index is 3.00. The van der Waals surface area contributed by atoms with Crippen LogP contribution in [0.4, 0.5) is 0 Å². The molecule has 0 amide bonds. The predicted octanol–water partition coefficient (Wildman–Crippen LogP) is 2.54. The largest absolute Gasteiger partial charge is 0.346 e. The SMILES string of the molecule is Cc1[nH]c(C(CN)C(C)C)nc1C(C)C. The summed E-state index contributed by atoms with van der Waals surface area (Å²) in [6.07, 6.45) is 0. The maximum atomic E-state index is 5.78. The molecule has 1 unspecified atom stereocenters. The molecule has 0 bridgehead atoms. The van der Waals surface area contributed by atoms with Gasteiger partial charge in [0.15, 0.2) is 0 Å². The number of hydrogen-bond donors (Lipinski definition) is 2. The first-order valence-corrected chi connectivity index (χ1v) is 5.73. The lowest BCUT2D eigenvalue weighted by molar-refractivity contribution is 0.486. The third-order valence-electron chi connectivity index (χ3n) is 2.90. The van der Waals surface area contributed by atoms with Crippen molar-refractivity contribution in [3.63, 3.8) is 0 Å². The van der Waals surface area contributed by atoms with Gasteiger partial charge in [-0.05, 0) is 18.8 Å². The Morgan fingerprint density at radius 2 is 1.87 bits per heavy atom. The highest BCUT2D eigenvalue weighted by Crippen LogP contribution is 2.24. The standard InChI is InChI=1S/C12H23N3/c1-7(2)10(6-13)12-14-9(5)11(15-12)8(3)4/h7-8,10H,6,13H2,1-5H3,(H,14,15). The van der Waals surface area contributed by atoms with Crippen molar-refractivity contribution in [2.45, 2.75) is 46.5 Å². The Kier molecular flexibility index (Phi) is 3.91. The molecule has 1 heterocycles. The Morgan fingerprint density at radius 1 is 1.27 bits per heavy atom. The van der Waals surface area contributed by atoms with E-state index in [0.29, 0.717) is 24.3 Å². The van der Waals surface area contributed by atoms with Crippen molar-refractivity contribution in [2.24, 2.45) is 11.7 Å². The molecule has 0 radical (unpaired) electrons. The van der Waals surface area contributed by atoms with Gasteiger partial charge in [-0.3, -0.25) is 0 Å². The topological polar surface area (TPSA) is 54.7 Å². The molecule has 15 heavy (non-hydrogen) atoms. The van der Waals surface area contributed by atoms with E-state index in [4.69, 9.17) is 5.73 Å². The zero-order valence-electron chi connectivity index (χ0n) is 10.5. The number of hydrogen-bond acceptors (Lipinski definition) is 2. The summed E-state index contributed by atoms with van der Waals surface area (Å²) in [6, 6.07) is 0. The lowest BCUT2D eigenvalue weighted by atomic mass is 9.95. The summed E-state index contributed by atoms with van der Waals surface area (Å²) >= 11 is 0. The second kappa shape index (κ2) is 4.79. The fourth-order valence-electron chi connectivity index (χ4n) is 1.93. The molecule has 0 spiro atoms. The van der Waals surface area contributed by atoms with Gasteiger partial charge in [0.2, 0.25) is 0 Å². The van der Waals surface area contributed by atoms with Crippen LogP contribution in [0.1, 0.15) is 56.7 Å². The van der Waals surface area contributed by atoms with Crippen molar-refractivity contribution in [2.75, 3.05) is 6.54 Å². The molecule has 3 nitrogen and oxygen atoms in total. The highest BCUT2D eigenvalue weighted by atomic mass is 14.9. The minimum absolute atomic E-state index is 0.344. The maximum Gasteiger partial charge on any atom is 0.111 e. The van der Waals surface area contributed by atoms with Gasteiger partial charge in [-0.2, -0.15) is 0 Å². The summed E-state index contributed by atoms with van der Waals surface area (Å²) in [5, 5.41) is 0. The van der Waals surface area contributed by atoms with Crippen LogP contribution in [0.2, 0.25) is 0 Å². The number of nitrogens with zero attached hydrogens (tertiary/aromatic N) is 1. The fourth-order valence-corrected chi connectivity index (χ4v) is 1.93. The van der Waals surface area contributed by atoms with E-state index in [1.165, 1.54) is 11.4 Å². The Morgan fingerprint density at radius 3 is 2.20 bits per heavy atom. The molecule has 0 aliphatic carbocycles. The minimum Gasteiger partial charge on any atom is -0.346 e. The summed E-state index contributed by atoms with van der Waals surface area (Å²) in [6.45, 7) is 11.4. The molecule has 1 atom stereocenters. The Hall–Kier alpha value is -0.830. The Bertz CT molecular complexity index is 313. The van der Waals surface area contributed by atoms with Crippen LogP contribution in [0.25, 0.3) is 0 Å². The highest BCUT2D eigenvalue weighted by Gasteiger charge is 2.19. The van der Waals surface area contributed by atoms with Crippen LogP contribution >= 0.6 is 0 Å². The van der Waals surface area contributed by atoms with Crippen LogP contribution < -0.4 is 5.73 Å². The van der Waals surface area contributed by atoms with Gasteiger partial charge < -0.3 is 10.7 Å². The lowest BCUT2D eigenvalue weighted by Gasteiger charge is -2.15. The number of imidazole rings is 1. The normalized spacial score (nSPS) is 13.9. The fraction of sp³-hybridized carbons (Fsp3) is 0.750. The monoisotopic (exact) mass is 209 g/mol. The average molecular weight is 209 g/mol. The average Bonchev–Trinajstić information content (AvgIpc) is 2.48. The summed E-state index contributed by atoms with van der Waals surface area (Å²) in [4.78, 5) is 8.03. The van der Waals surface area contributed by atoms with E-state index >= 15 is 0 Å². The first-order chi connectivity index (χ1) is 6.97. The molecule has 0 fully saturated rings. The molecule has 1 aromatic rings. The van der Waals surface area contributed by atoms with Gasteiger partial charge in [-0.1, -0.05) is 27.7 Å². The van der Waals surface area contributed by atoms with E-state index in [2.05, 4.69) is 44.6 Å². The number of nitrogens with two attached hydrogens (primary N) is 1. The smallest absolute Gasteiger partial charge is 0.111 e. The summed E-state index contributed by atoms with van der Waals surface area (Å²) < 4.78 is 0. The molecule has 1 aromatic heterocycles. The van der Waals surface area contributed by atoms with Crippen molar-refractivity contribution < 1.29 is 0 Å². The van der Waals surface area contributed by atoms with E-state index in [1.54, 1.807) is 0 Å². The number of nitrogens with one attached hydrogen (secondary N) is 1. The molecule has 3 N–H and O–H groups in total. The number of rotatable bonds is 4. The number of aromatic nitrogens is 2. The zero-order valence-corrected chi connectivity index (χ0v) is 10.5.